The number of aliphatic hydroxyl groups is 1. The van der Waals surface area contributed by atoms with Crippen LogP contribution < -0.4 is 5.32 Å². The van der Waals surface area contributed by atoms with Gasteiger partial charge in [0.15, 0.2) is 5.15 Å². The number of rotatable bonds is 5. The Balaban J connectivity index is 1.66. The Morgan fingerprint density at radius 3 is 2.95 bits per heavy atom. The van der Waals surface area contributed by atoms with Crippen molar-refractivity contribution in [2.75, 3.05) is 6.54 Å². The second-order valence-electron chi connectivity index (χ2n) is 5.34. The highest BCUT2D eigenvalue weighted by Gasteiger charge is 2.11. The van der Waals surface area contributed by atoms with Crippen LogP contribution >= 0.6 is 11.6 Å². The van der Waals surface area contributed by atoms with Crippen LogP contribution in [0.3, 0.4) is 0 Å². The van der Waals surface area contributed by atoms with Crippen molar-refractivity contribution in [3.05, 3.63) is 70.6 Å². The maximum atomic E-state index is 10.2. The smallest absolute Gasteiger partial charge is 0.152 e. The molecule has 0 bridgehead atoms. The summed E-state index contributed by atoms with van der Waals surface area (Å²) in [7, 11) is 0. The number of nitrogens with one attached hydrogen (secondary N) is 1. The number of halogens is 1. The molecular weight excluding hydrogens is 298 g/mol. The second kappa shape index (κ2) is 6.48. The van der Waals surface area contributed by atoms with E-state index in [9.17, 15) is 5.11 Å². The van der Waals surface area contributed by atoms with Gasteiger partial charge < -0.3 is 14.8 Å². The van der Waals surface area contributed by atoms with E-state index in [2.05, 4.69) is 10.3 Å². The van der Waals surface area contributed by atoms with Crippen LogP contribution in [0, 0.1) is 6.92 Å². The van der Waals surface area contributed by atoms with Crippen LogP contribution in [0.15, 0.2) is 48.7 Å². The van der Waals surface area contributed by atoms with Crippen LogP contribution in [0.25, 0.3) is 5.65 Å². The number of pyridine rings is 1. The van der Waals surface area contributed by atoms with Crippen molar-refractivity contribution in [3.8, 4) is 0 Å². The molecule has 3 rings (SSSR count). The standard InChI is InChI=1S/C17H18ClN3O/c1-12-5-4-6-13(9-12)15(22)11-19-10-14-17(18)20-16-7-2-3-8-21(14)16/h2-9,15,19,22H,10-11H2,1H3. The van der Waals surface area contributed by atoms with E-state index in [0.29, 0.717) is 18.2 Å². The Morgan fingerprint density at radius 2 is 2.14 bits per heavy atom. The van der Waals surface area contributed by atoms with E-state index in [1.165, 1.54) is 0 Å². The predicted molar refractivity (Wildman–Crippen MR) is 88.0 cm³/mol. The van der Waals surface area contributed by atoms with Crippen molar-refractivity contribution in [1.29, 1.82) is 0 Å². The maximum Gasteiger partial charge on any atom is 0.152 e. The zero-order chi connectivity index (χ0) is 15.5. The molecule has 4 nitrogen and oxygen atoms in total. The van der Waals surface area contributed by atoms with E-state index in [4.69, 9.17) is 11.6 Å². The van der Waals surface area contributed by atoms with E-state index >= 15 is 0 Å². The van der Waals surface area contributed by atoms with Crippen LogP contribution in [0.1, 0.15) is 22.9 Å². The monoisotopic (exact) mass is 315 g/mol. The van der Waals surface area contributed by atoms with Crippen molar-refractivity contribution in [3.63, 3.8) is 0 Å². The number of aryl methyl sites for hydroxylation is 1. The summed E-state index contributed by atoms with van der Waals surface area (Å²) in [4.78, 5) is 4.31. The van der Waals surface area contributed by atoms with Crippen molar-refractivity contribution in [2.45, 2.75) is 19.6 Å². The molecule has 22 heavy (non-hydrogen) atoms. The Labute approximate surface area is 134 Å². The number of imidazole rings is 1. The number of aliphatic hydroxyl groups excluding tert-OH is 1. The van der Waals surface area contributed by atoms with Gasteiger partial charge in [-0.2, -0.15) is 0 Å². The first kappa shape index (κ1) is 15.0. The molecule has 1 unspecified atom stereocenters. The third kappa shape index (κ3) is 3.14. The highest BCUT2D eigenvalue weighted by Crippen LogP contribution is 2.18. The van der Waals surface area contributed by atoms with Gasteiger partial charge in [-0.15, -0.1) is 0 Å². The van der Waals surface area contributed by atoms with Gasteiger partial charge in [0.05, 0.1) is 11.8 Å². The fraction of sp³-hybridized carbons (Fsp3) is 0.235. The van der Waals surface area contributed by atoms with Gasteiger partial charge in [-0.25, -0.2) is 4.98 Å². The molecule has 0 spiro atoms. The summed E-state index contributed by atoms with van der Waals surface area (Å²) in [5.41, 5.74) is 3.77. The van der Waals surface area contributed by atoms with E-state index in [1.54, 1.807) is 0 Å². The number of aromatic nitrogens is 2. The van der Waals surface area contributed by atoms with Gasteiger partial charge in [-0.3, -0.25) is 0 Å². The lowest BCUT2D eigenvalue weighted by molar-refractivity contribution is 0.174. The molecule has 2 heterocycles. The molecule has 0 aliphatic carbocycles. The number of hydrogen-bond acceptors (Lipinski definition) is 3. The Morgan fingerprint density at radius 1 is 1.27 bits per heavy atom. The average molecular weight is 316 g/mol. The van der Waals surface area contributed by atoms with Gasteiger partial charge in [0.25, 0.3) is 0 Å². The van der Waals surface area contributed by atoms with E-state index in [0.717, 1.165) is 22.5 Å². The average Bonchev–Trinajstić information content (AvgIpc) is 2.83. The minimum Gasteiger partial charge on any atom is -0.387 e. The van der Waals surface area contributed by atoms with E-state index in [1.807, 2.05) is 60.0 Å². The minimum absolute atomic E-state index is 0.458. The largest absolute Gasteiger partial charge is 0.387 e. The summed E-state index contributed by atoms with van der Waals surface area (Å²) in [5, 5.41) is 14.0. The molecule has 0 aliphatic rings. The van der Waals surface area contributed by atoms with Gasteiger partial charge in [0, 0.05) is 19.3 Å². The van der Waals surface area contributed by atoms with Crippen molar-refractivity contribution >= 4 is 17.2 Å². The summed E-state index contributed by atoms with van der Waals surface area (Å²) >= 11 is 6.19. The third-order valence-corrected chi connectivity index (χ3v) is 3.94. The lowest BCUT2D eigenvalue weighted by atomic mass is 10.1. The van der Waals surface area contributed by atoms with Gasteiger partial charge in [-0.1, -0.05) is 47.5 Å². The first-order valence-corrected chi connectivity index (χ1v) is 7.60. The molecule has 3 aromatic rings. The minimum atomic E-state index is -0.544. The summed E-state index contributed by atoms with van der Waals surface area (Å²) in [6.45, 7) is 3.02. The van der Waals surface area contributed by atoms with Gasteiger partial charge >= 0.3 is 0 Å². The number of benzene rings is 1. The van der Waals surface area contributed by atoms with Gasteiger partial charge in [0.1, 0.15) is 5.65 Å². The van der Waals surface area contributed by atoms with E-state index in [-0.39, 0.29) is 0 Å². The van der Waals surface area contributed by atoms with Crippen molar-refractivity contribution in [2.24, 2.45) is 0 Å². The molecule has 0 aliphatic heterocycles. The van der Waals surface area contributed by atoms with Crippen LogP contribution in [0.4, 0.5) is 0 Å². The summed E-state index contributed by atoms with van der Waals surface area (Å²) in [5.74, 6) is 0. The highest BCUT2D eigenvalue weighted by atomic mass is 35.5. The van der Waals surface area contributed by atoms with Crippen LogP contribution in [-0.4, -0.2) is 21.0 Å². The van der Waals surface area contributed by atoms with Crippen molar-refractivity contribution in [1.82, 2.24) is 14.7 Å². The molecule has 0 fully saturated rings. The normalized spacial score (nSPS) is 12.7. The fourth-order valence-corrected chi connectivity index (χ4v) is 2.74. The van der Waals surface area contributed by atoms with Crippen molar-refractivity contribution < 1.29 is 5.11 Å². The molecule has 0 amide bonds. The first-order chi connectivity index (χ1) is 10.6. The summed E-state index contributed by atoms with van der Waals surface area (Å²) in [6.07, 6.45) is 1.39. The molecule has 0 saturated heterocycles. The molecule has 1 aromatic carbocycles. The molecule has 2 aromatic heterocycles. The first-order valence-electron chi connectivity index (χ1n) is 7.22. The number of hydrogen-bond donors (Lipinski definition) is 2. The number of fused-ring (bicyclic) bond motifs is 1. The van der Waals surface area contributed by atoms with E-state index < -0.39 is 6.10 Å². The molecule has 1 atom stereocenters. The molecule has 5 heteroatoms. The molecule has 2 N–H and O–H groups in total. The zero-order valence-electron chi connectivity index (χ0n) is 12.3. The van der Waals surface area contributed by atoms with Crippen LogP contribution in [0.5, 0.6) is 0 Å². The second-order valence-corrected chi connectivity index (χ2v) is 5.70. The van der Waals surface area contributed by atoms with Crippen LogP contribution in [0.2, 0.25) is 5.15 Å². The molecule has 0 saturated carbocycles. The lowest BCUT2D eigenvalue weighted by Gasteiger charge is -2.13. The Kier molecular flexibility index (Phi) is 4.43. The lowest BCUT2D eigenvalue weighted by Crippen LogP contribution is -2.22. The topological polar surface area (TPSA) is 49.6 Å². The predicted octanol–water partition coefficient (Wildman–Crippen LogP) is 3.12. The highest BCUT2D eigenvalue weighted by molar-refractivity contribution is 6.30. The maximum absolute atomic E-state index is 10.2. The number of nitrogens with zero attached hydrogens (tertiary/aromatic N) is 2. The summed E-state index contributed by atoms with van der Waals surface area (Å²) in [6, 6.07) is 13.7. The fourth-order valence-electron chi connectivity index (χ4n) is 2.50. The SMILES string of the molecule is Cc1cccc(C(O)CNCc2c(Cl)nc3ccccn23)c1. The Hall–Kier alpha value is -1.88. The quantitative estimate of drug-likeness (QED) is 0.760. The van der Waals surface area contributed by atoms with Crippen LogP contribution in [-0.2, 0) is 6.54 Å². The molecular formula is C17H18ClN3O. The zero-order valence-corrected chi connectivity index (χ0v) is 13.1. The summed E-state index contributed by atoms with van der Waals surface area (Å²) < 4.78 is 1.95. The Bertz CT molecular complexity index is 784. The molecule has 0 radical (unpaired) electrons. The van der Waals surface area contributed by atoms with Gasteiger partial charge in [-0.05, 0) is 24.6 Å². The van der Waals surface area contributed by atoms with Gasteiger partial charge in [0.2, 0.25) is 0 Å². The third-order valence-electron chi connectivity index (χ3n) is 3.64. The molecule has 114 valence electrons.